The Morgan fingerprint density at radius 1 is 1.23 bits per heavy atom. The molecule has 0 radical (unpaired) electrons. The lowest BCUT2D eigenvalue weighted by Gasteiger charge is -2.38. The molecule has 1 aromatic carbocycles. The third-order valence-electron chi connectivity index (χ3n) is 6.77. The Kier molecular flexibility index (Phi) is 6.25. The van der Waals surface area contributed by atoms with Gasteiger partial charge < -0.3 is 10.6 Å². The lowest BCUT2D eigenvalue weighted by Crippen LogP contribution is -2.54. The normalized spacial score (nSPS) is 27.5. The van der Waals surface area contributed by atoms with Gasteiger partial charge in [-0.2, -0.15) is 5.10 Å². The number of nitrogens with zero attached hydrogens (tertiary/aromatic N) is 3. The monoisotopic (exact) mass is 409 g/mol. The van der Waals surface area contributed by atoms with Crippen LogP contribution in [-0.4, -0.2) is 45.3 Å². The molecule has 162 valence electrons. The van der Waals surface area contributed by atoms with E-state index >= 15 is 0 Å². The zero-order valence-electron chi connectivity index (χ0n) is 18.5. The van der Waals surface area contributed by atoms with Crippen LogP contribution in [-0.2, 0) is 4.79 Å². The van der Waals surface area contributed by atoms with E-state index in [0.29, 0.717) is 12.6 Å². The third kappa shape index (κ3) is 4.30. The molecular weight excluding hydrogens is 374 g/mol. The van der Waals surface area contributed by atoms with Crippen molar-refractivity contribution >= 4 is 11.7 Å². The fraction of sp³-hybridized carbons (Fsp3) is 0.583. The second-order valence-electron chi connectivity index (χ2n) is 9.32. The number of hydrogen-bond acceptors (Lipinski definition) is 4. The van der Waals surface area contributed by atoms with Crippen LogP contribution < -0.4 is 10.6 Å². The predicted octanol–water partition coefficient (Wildman–Crippen LogP) is 4.14. The van der Waals surface area contributed by atoms with Gasteiger partial charge in [0.15, 0.2) is 0 Å². The van der Waals surface area contributed by atoms with E-state index in [9.17, 15) is 4.79 Å². The SMILES string of the molecule is CC(C)n1nccc1NC(=O)CN1[C@H]2CCCCCN[C@@]2(C)C[C@H]1c1ccccc1. The first-order valence-electron chi connectivity index (χ1n) is 11.4. The largest absolute Gasteiger partial charge is 0.310 e. The van der Waals surface area contributed by atoms with E-state index in [0.717, 1.165) is 25.2 Å². The zero-order chi connectivity index (χ0) is 21.1. The van der Waals surface area contributed by atoms with E-state index in [4.69, 9.17) is 0 Å². The number of fused-ring (bicyclic) bond motifs is 1. The van der Waals surface area contributed by atoms with Crippen molar-refractivity contribution in [2.75, 3.05) is 18.4 Å². The van der Waals surface area contributed by atoms with Crippen molar-refractivity contribution in [2.45, 2.75) is 76.5 Å². The Hall–Kier alpha value is -2.18. The molecule has 2 aromatic rings. The van der Waals surface area contributed by atoms with E-state index in [1.54, 1.807) is 6.20 Å². The first-order chi connectivity index (χ1) is 14.5. The minimum Gasteiger partial charge on any atom is -0.310 e. The van der Waals surface area contributed by atoms with Crippen molar-refractivity contribution in [3.8, 4) is 0 Å². The molecule has 0 unspecified atom stereocenters. The van der Waals surface area contributed by atoms with Crippen LogP contribution in [0, 0.1) is 0 Å². The van der Waals surface area contributed by atoms with Crippen LogP contribution in [0.5, 0.6) is 0 Å². The molecule has 6 nitrogen and oxygen atoms in total. The molecule has 6 heteroatoms. The van der Waals surface area contributed by atoms with Crippen molar-refractivity contribution in [1.82, 2.24) is 20.0 Å². The fourth-order valence-electron chi connectivity index (χ4n) is 5.30. The van der Waals surface area contributed by atoms with Gasteiger partial charge in [-0.25, -0.2) is 4.68 Å². The molecule has 2 N–H and O–H groups in total. The fourth-order valence-corrected chi connectivity index (χ4v) is 5.30. The van der Waals surface area contributed by atoms with Crippen molar-refractivity contribution in [2.24, 2.45) is 0 Å². The average Bonchev–Trinajstić information content (AvgIpc) is 3.27. The summed E-state index contributed by atoms with van der Waals surface area (Å²) in [6.45, 7) is 7.94. The summed E-state index contributed by atoms with van der Waals surface area (Å²) >= 11 is 0. The van der Waals surface area contributed by atoms with Gasteiger partial charge in [-0.05, 0) is 52.1 Å². The molecule has 3 heterocycles. The maximum absolute atomic E-state index is 13.1. The number of amides is 1. The number of nitrogens with one attached hydrogen (secondary N) is 2. The topological polar surface area (TPSA) is 62.2 Å². The van der Waals surface area contributed by atoms with E-state index in [1.165, 1.54) is 24.8 Å². The van der Waals surface area contributed by atoms with E-state index < -0.39 is 0 Å². The standard InChI is InChI=1S/C24H35N5O/c1-18(2)29-22(13-15-26-29)27-23(30)17-28-20(19-10-6-4-7-11-19)16-24(3)21(28)12-8-5-9-14-25-24/h4,6-7,10-11,13,15,18,20-21,25H,5,8-9,12,14,16-17H2,1-3H3,(H,27,30)/t20-,21-,24-/m0/s1. The summed E-state index contributed by atoms with van der Waals surface area (Å²) < 4.78 is 1.86. The summed E-state index contributed by atoms with van der Waals surface area (Å²) in [6.07, 6.45) is 7.61. The first kappa shape index (κ1) is 21.1. The molecule has 2 saturated heterocycles. The molecule has 2 aliphatic rings. The van der Waals surface area contributed by atoms with Crippen LogP contribution in [0.3, 0.4) is 0 Å². The maximum Gasteiger partial charge on any atom is 0.239 e. The molecule has 0 spiro atoms. The number of benzene rings is 1. The Balaban J connectivity index is 1.58. The highest BCUT2D eigenvalue weighted by Crippen LogP contribution is 2.44. The van der Waals surface area contributed by atoms with Gasteiger partial charge in [-0.3, -0.25) is 9.69 Å². The Morgan fingerprint density at radius 3 is 2.80 bits per heavy atom. The summed E-state index contributed by atoms with van der Waals surface area (Å²) in [5.74, 6) is 0.800. The van der Waals surface area contributed by atoms with Crippen molar-refractivity contribution in [3.05, 3.63) is 48.2 Å². The molecule has 1 aromatic heterocycles. The number of likely N-dealkylation sites (tertiary alicyclic amines) is 1. The smallest absolute Gasteiger partial charge is 0.239 e. The van der Waals surface area contributed by atoms with Crippen molar-refractivity contribution < 1.29 is 4.79 Å². The maximum atomic E-state index is 13.1. The van der Waals surface area contributed by atoms with Gasteiger partial charge in [0.05, 0.1) is 12.7 Å². The summed E-state index contributed by atoms with van der Waals surface area (Å²) in [6, 6.07) is 13.3. The van der Waals surface area contributed by atoms with Gasteiger partial charge in [0.1, 0.15) is 5.82 Å². The van der Waals surface area contributed by atoms with Crippen LogP contribution in [0.25, 0.3) is 0 Å². The molecule has 0 aliphatic carbocycles. The Bertz CT molecular complexity index is 848. The minimum atomic E-state index is 0.0287. The minimum absolute atomic E-state index is 0.0287. The molecule has 3 atom stereocenters. The second-order valence-corrected chi connectivity index (χ2v) is 9.32. The van der Waals surface area contributed by atoms with E-state index in [-0.39, 0.29) is 23.5 Å². The van der Waals surface area contributed by atoms with E-state index in [1.807, 2.05) is 10.7 Å². The number of rotatable bonds is 5. The number of carbonyl (C=O) groups excluding carboxylic acids is 1. The van der Waals surface area contributed by atoms with Gasteiger partial charge in [0.25, 0.3) is 0 Å². The summed E-state index contributed by atoms with van der Waals surface area (Å²) in [4.78, 5) is 15.6. The molecule has 2 fully saturated rings. The van der Waals surface area contributed by atoms with Crippen molar-refractivity contribution in [3.63, 3.8) is 0 Å². The van der Waals surface area contributed by atoms with Crippen LogP contribution >= 0.6 is 0 Å². The van der Waals surface area contributed by atoms with Crippen LogP contribution in [0.15, 0.2) is 42.6 Å². The van der Waals surface area contributed by atoms with Crippen LogP contribution in [0.1, 0.15) is 70.5 Å². The molecule has 30 heavy (non-hydrogen) atoms. The van der Waals surface area contributed by atoms with E-state index in [2.05, 4.69) is 71.7 Å². The quantitative estimate of drug-likeness (QED) is 0.779. The van der Waals surface area contributed by atoms with Crippen LogP contribution in [0.2, 0.25) is 0 Å². The van der Waals surface area contributed by atoms with Crippen LogP contribution in [0.4, 0.5) is 5.82 Å². The molecule has 0 bridgehead atoms. The van der Waals surface area contributed by atoms with Gasteiger partial charge >= 0.3 is 0 Å². The van der Waals surface area contributed by atoms with Gasteiger partial charge in [-0.15, -0.1) is 0 Å². The van der Waals surface area contributed by atoms with Crippen molar-refractivity contribution in [1.29, 1.82) is 0 Å². The summed E-state index contributed by atoms with van der Waals surface area (Å²) in [5.41, 5.74) is 1.33. The van der Waals surface area contributed by atoms with Gasteiger partial charge in [0, 0.05) is 29.7 Å². The highest BCUT2D eigenvalue weighted by molar-refractivity contribution is 5.91. The first-order valence-corrected chi connectivity index (χ1v) is 11.4. The molecule has 1 amide bonds. The number of hydrogen-bond donors (Lipinski definition) is 2. The summed E-state index contributed by atoms with van der Waals surface area (Å²) in [5, 5.41) is 11.3. The predicted molar refractivity (Wildman–Crippen MR) is 120 cm³/mol. The lowest BCUT2D eigenvalue weighted by molar-refractivity contribution is -0.118. The average molecular weight is 410 g/mol. The Labute approximate surface area is 180 Å². The highest BCUT2D eigenvalue weighted by atomic mass is 16.2. The molecule has 2 aliphatic heterocycles. The number of aromatic nitrogens is 2. The lowest BCUT2D eigenvalue weighted by atomic mass is 9.85. The molecular formula is C24H35N5O. The third-order valence-corrected chi connectivity index (χ3v) is 6.77. The Morgan fingerprint density at radius 2 is 2.03 bits per heavy atom. The van der Waals surface area contributed by atoms with Gasteiger partial charge in [0.2, 0.25) is 5.91 Å². The highest BCUT2D eigenvalue weighted by Gasteiger charge is 2.49. The second kappa shape index (κ2) is 8.90. The zero-order valence-corrected chi connectivity index (χ0v) is 18.5. The number of anilines is 1. The molecule has 0 saturated carbocycles. The number of carbonyl (C=O) groups is 1. The summed E-state index contributed by atoms with van der Waals surface area (Å²) in [7, 11) is 0. The molecule has 4 rings (SSSR count). The van der Waals surface area contributed by atoms with Gasteiger partial charge in [-0.1, -0.05) is 43.2 Å².